The molecular weight excluding hydrogens is 282 g/mol. The molecule has 110 valence electrons. The number of carbonyl (C=O) groups excluding carboxylic acids is 1. The Kier molecular flexibility index (Phi) is 4.29. The Labute approximate surface area is 118 Å². The summed E-state index contributed by atoms with van der Waals surface area (Å²) in [6.45, 7) is 0.201. The van der Waals surface area contributed by atoms with Crippen molar-refractivity contribution in [1.82, 2.24) is 4.31 Å². The van der Waals surface area contributed by atoms with Crippen molar-refractivity contribution in [3.05, 3.63) is 24.3 Å². The van der Waals surface area contributed by atoms with Crippen LogP contribution in [0.1, 0.15) is 19.3 Å². The molecule has 6 nitrogen and oxygen atoms in total. The Bertz CT molecular complexity index is 581. The molecule has 0 saturated carbocycles. The zero-order chi connectivity index (χ0) is 14.8. The van der Waals surface area contributed by atoms with E-state index in [9.17, 15) is 18.3 Å². The Hall–Kier alpha value is -1.60. The molecule has 20 heavy (non-hydrogen) atoms. The van der Waals surface area contributed by atoms with Gasteiger partial charge >= 0.3 is 0 Å². The van der Waals surface area contributed by atoms with Crippen molar-refractivity contribution in [3.8, 4) is 5.75 Å². The fourth-order valence-corrected chi connectivity index (χ4v) is 3.96. The van der Waals surface area contributed by atoms with Gasteiger partial charge in [-0.3, -0.25) is 0 Å². The number of piperidine rings is 1. The summed E-state index contributed by atoms with van der Waals surface area (Å²) in [4.78, 5) is 11.2. The lowest BCUT2D eigenvalue weighted by Crippen LogP contribution is -2.52. The summed E-state index contributed by atoms with van der Waals surface area (Å²) >= 11 is 0. The summed E-state index contributed by atoms with van der Waals surface area (Å²) in [6.07, 6.45) is 1.63. The molecule has 1 aromatic carbocycles. The molecule has 1 atom stereocenters. The third kappa shape index (κ3) is 2.78. The maximum Gasteiger partial charge on any atom is 0.243 e. The monoisotopic (exact) mass is 298 g/mol. The molecule has 1 aromatic rings. The number of hydrogen-bond donors (Lipinski definition) is 0. The number of benzene rings is 1. The zero-order valence-corrected chi connectivity index (χ0v) is 11.9. The van der Waals surface area contributed by atoms with Crippen LogP contribution < -0.4 is 9.84 Å². The second kappa shape index (κ2) is 5.80. The molecule has 0 aliphatic carbocycles. The Balaban J connectivity index is 2.34. The van der Waals surface area contributed by atoms with Crippen molar-refractivity contribution in [2.45, 2.75) is 30.2 Å². The summed E-state index contributed by atoms with van der Waals surface area (Å²) in [7, 11) is -2.34. The van der Waals surface area contributed by atoms with Crippen LogP contribution >= 0.6 is 0 Å². The van der Waals surface area contributed by atoms with E-state index in [1.807, 2.05) is 0 Å². The number of carbonyl (C=O) groups is 1. The number of hydrogen-bond acceptors (Lipinski definition) is 5. The van der Waals surface area contributed by atoms with E-state index >= 15 is 0 Å². The number of nitrogens with zero attached hydrogens (tertiary/aromatic N) is 1. The SMILES string of the molecule is COc1ccc(S(=O)(=O)N2CCCCC2C(=O)[O-])cc1. The average molecular weight is 298 g/mol. The highest BCUT2D eigenvalue weighted by molar-refractivity contribution is 7.89. The van der Waals surface area contributed by atoms with E-state index in [1.54, 1.807) is 0 Å². The van der Waals surface area contributed by atoms with E-state index in [0.29, 0.717) is 18.6 Å². The van der Waals surface area contributed by atoms with Crippen LogP contribution in [-0.2, 0) is 14.8 Å². The average Bonchev–Trinajstić information content (AvgIpc) is 2.47. The maximum atomic E-state index is 12.5. The number of methoxy groups -OCH3 is 1. The first-order valence-corrected chi connectivity index (χ1v) is 7.77. The summed E-state index contributed by atoms with van der Waals surface area (Å²) < 4.78 is 31.0. The predicted molar refractivity (Wildman–Crippen MR) is 69.5 cm³/mol. The first-order chi connectivity index (χ1) is 9.46. The van der Waals surface area contributed by atoms with Crippen molar-refractivity contribution in [2.24, 2.45) is 0 Å². The molecule has 1 saturated heterocycles. The van der Waals surface area contributed by atoms with E-state index in [2.05, 4.69) is 0 Å². The lowest BCUT2D eigenvalue weighted by Gasteiger charge is -2.35. The molecule has 0 N–H and O–H groups in total. The van der Waals surface area contributed by atoms with Crippen LogP contribution in [0.25, 0.3) is 0 Å². The topological polar surface area (TPSA) is 86.7 Å². The Morgan fingerprint density at radius 1 is 1.30 bits per heavy atom. The molecule has 0 aromatic heterocycles. The van der Waals surface area contributed by atoms with Crippen LogP contribution in [0.4, 0.5) is 0 Å². The number of carboxylic acids is 1. The molecule has 1 fully saturated rings. The van der Waals surface area contributed by atoms with Gasteiger partial charge in [0.15, 0.2) is 0 Å². The second-order valence-electron chi connectivity index (χ2n) is 4.62. The van der Waals surface area contributed by atoms with Gasteiger partial charge in [-0.1, -0.05) is 6.42 Å². The maximum absolute atomic E-state index is 12.5. The highest BCUT2D eigenvalue weighted by atomic mass is 32.2. The Morgan fingerprint density at radius 3 is 2.50 bits per heavy atom. The summed E-state index contributed by atoms with van der Waals surface area (Å²) in [5, 5.41) is 11.1. The minimum Gasteiger partial charge on any atom is -0.548 e. The second-order valence-corrected chi connectivity index (χ2v) is 6.51. The fourth-order valence-electron chi connectivity index (χ4n) is 2.31. The molecule has 1 heterocycles. The van der Waals surface area contributed by atoms with E-state index in [4.69, 9.17) is 4.74 Å². The van der Waals surface area contributed by atoms with Crippen molar-refractivity contribution in [2.75, 3.05) is 13.7 Å². The molecule has 7 heteroatoms. The van der Waals surface area contributed by atoms with Gasteiger partial charge in [0.1, 0.15) is 5.75 Å². The number of sulfonamides is 1. The van der Waals surface area contributed by atoms with Crippen molar-refractivity contribution >= 4 is 16.0 Å². The van der Waals surface area contributed by atoms with Crippen molar-refractivity contribution in [3.63, 3.8) is 0 Å². The molecule has 1 aliphatic rings. The molecule has 1 unspecified atom stereocenters. The van der Waals surface area contributed by atoms with Crippen LogP contribution in [0, 0.1) is 0 Å². The number of rotatable bonds is 4. The van der Waals surface area contributed by atoms with E-state index < -0.39 is 22.0 Å². The van der Waals surface area contributed by atoms with Gasteiger partial charge < -0.3 is 14.6 Å². The van der Waals surface area contributed by atoms with Gasteiger partial charge in [0.2, 0.25) is 10.0 Å². The largest absolute Gasteiger partial charge is 0.548 e. The lowest BCUT2D eigenvalue weighted by molar-refractivity contribution is -0.311. The van der Waals surface area contributed by atoms with Crippen LogP contribution in [0.15, 0.2) is 29.2 Å². The quantitative estimate of drug-likeness (QED) is 0.780. The smallest absolute Gasteiger partial charge is 0.243 e. The first kappa shape index (κ1) is 14.8. The van der Waals surface area contributed by atoms with E-state index in [-0.39, 0.29) is 17.9 Å². The summed E-state index contributed by atoms with van der Waals surface area (Å²) in [5.74, 6) is -0.805. The molecule has 0 bridgehead atoms. The Morgan fingerprint density at radius 2 is 1.95 bits per heavy atom. The predicted octanol–water partition coefficient (Wildman–Crippen LogP) is -0.0117. The highest BCUT2D eigenvalue weighted by Gasteiger charge is 2.34. The number of carboxylic acid groups (broad SMARTS) is 1. The van der Waals surface area contributed by atoms with Crippen molar-refractivity contribution < 1.29 is 23.1 Å². The van der Waals surface area contributed by atoms with Crippen LogP contribution in [0.5, 0.6) is 5.75 Å². The molecule has 1 aliphatic heterocycles. The molecule has 0 amide bonds. The lowest BCUT2D eigenvalue weighted by atomic mass is 10.1. The van der Waals surface area contributed by atoms with Gasteiger partial charge in [-0.05, 0) is 37.1 Å². The number of ether oxygens (including phenoxy) is 1. The van der Waals surface area contributed by atoms with Gasteiger partial charge in [0.05, 0.1) is 24.0 Å². The van der Waals surface area contributed by atoms with Crippen LogP contribution in [0.3, 0.4) is 0 Å². The minimum absolute atomic E-state index is 0.0615. The molecule has 0 spiro atoms. The first-order valence-electron chi connectivity index (χ1n) is 6.33. The van der Waals surface area contributed by atoms with Gasteiger partial charge in [-0.15, -0.1) is 0 Å². The van der Waals surface area contributed by atoms with Gasteiger partial charge in [0.25, 0.3) is 0 Å². The van der Waals surface area contributed by atoms with Crippen LogP contribution in [0.2, 0.25) is 0 Å². The fraction of sp³-hybridized carbons (Fsp3) is 0.462. The third-order valence-electron chi connectivity index (χ3n) is 3.39. The molecular formula is C13H16NO5S-. The standard InChI is InChI=1S/C13H17NO5S/c1-19-10-5-7-11(8-6-10)20(17,18)14-9-3-2-4-12(14)13(15)16/h5-8,12H,2-4,9H2,1H3,(H,15,16)/p-1. The third-order valence-corrected chi connectivity index (χ3v) is 5.31. The summed E-state index contributed by atoms with van der Waals surface area (Å²) in [5.41, 5.74) is 0. The van der Waals surface area contributed by atoms with E-state index in [1.165, 1.54) is 31.4 Å². The number of aliphatic carboxylic acids is 1. The zero-order valence-electron chi connectivity index (χ0n) is 11.1. The molecule has 0 radical (unpaired) electrons. The highest BCUT2D eigenvalue weighted by Crippen LogP contribution is 2.26. The molecule has 2 rings (SSSR count). The van der Waals surface area contributed by atoms with Gasteiger partial charge in [0, 0.05) is 6.54 Å². The normalized spacial score (nSPS) is 20.6. The van der Waals surface area contributed by atoms with Gasteiger partial charge in [-0.2, -0.15) is 4.31 Å². The van der Waals surface area contributed by atoms with Crippen molar-refractivity contribution in [1.29, 1.82) is 0 Å². The van der Waals surface area contributed by atoms with Crippen LogP contribution in [-0.4, -0.2) is 38.4 Å². The minimum atomic E-state index is -3.82. The van der Waals surface area contributed by atoms with Gasteiger partial charge in [-0.25, -0.2) is 8.42 Å². The summed E-state index contributed by atoms with van der Waals surface area (Å²) in [6, 6.07) is 4.80. The van der Waals surface area contributed by atoms with E-state index in [0.717, 1.165) is 4.31 Å².